The third-order valence-electron chi connectivity index (χ3n) is 3.75. The van der Waals surface area contributed by atoms with E-state index in [1.165, 1.54) is 0 Å². The number of carbonyl (C=O) groups excluding carboxylic acids is 1. The van der Waals surface area contributed by atoms with E-state index < -0.39 is 5.60 Å². The summed E-state index contributed by atoms with van der Waals surface area (Å²) in [4.78, 5) is 12.0. The molecule has 1 rings (SSSR count). The van der Waals surface area contributed by atoms with Gasteiger partial charge in [0.25, 0.3) is 0 Å². The number of piperidine rings is 1. The molecule has 114 valence electrons. The van der Waals surface area contributed by atoms with Crippen molar-refractivity contribution in [1.82, 2.24) is 4.42 Å². The largest absolute Gasteiger partial charge is 0.455 e. The number of hydrogen-bond donors (Lipinski definition) is 0. The number of rotatable bonds is 4. The third-order valence-corrected chi connectivity index (χ3v) is 4.66. The SMILES string of the molecule is C=CCC1(OC(=O)C(=C)C)CC(C)(C)N(Cl)C(C)(C)C1. The zero-order valence-electron chi connectivity index (χ0n) is 13.3. The highest BCUT2D eigenvalue weighted by atomic mass is 35.5. The van der Waals surface area contributed by atoms with Crippen LogP contribution in [-0.2, 0) is 9.53 Å². The molecule has 20 heavy (non-hydrogen) atoms. The normalized spacial score (nSPS) is 23.9. The Balaban J connectivity index is 3.15. The van der Waals surface area contributed by atoms with E-state index in [9.17, 15) is 4.79 Å². The highest BCUT2D eigenvalue weighted by molar-refractivity contribution is 6.14. The summed E-state index contributed by atoms with van der Waals surface area (Å²) in [6.07, 6.45) is 3.75. The summed E-state index contributed by atoms with van der Waals surface area (Å²) in [5.41, 5.74) is -0.711. The van der Waals surface area contributed by atoms with Gasteiger partial charge in [-0.1, -0.05) is 12.7 Å². The van der Waals surface area contributed by atoms with Crippen molar-refractivity contribution >= 4 is 17.7 Å². The maximum Gasteiger partial charge on any atom is 0.333 e. The Labute approximate surface area is 127 Å². The molecular formula is C16H26ClNO2. The molecule has 1 heterocycles. The van der Waals surface area contributed by atoms with Gasteiger partial charge in [0.1, 0.15) is 5.60 Å². The van der Waals surface area contributed by atoms with Crippen LogP contribution in [0.15, 0.2) is 24.8 Å². The second kappa shape index (κ2) is 5.53. The molecule has 0 aromatic heterocycles. The van der Waals surface area contributed by atoms with E-state index in [4.69, 9.17) is 16.5 Å². The van der Waals surface area contributed by atoms with Crippen LogP contribution in [-0.4, -0.2) is 27.1 Å². The molecule has 0 amide bonds. The second-order valence-electron chi connectivity index (χ2n) is 7.10. The topological polar surface area (TPSA) is 29.5 Å². The maximum atomic E-state index is 12.0. The van der Waals surface area contributed by atoms with Crippen molar-refractivity contribution in [1.29, 1.82) is 0 Å². The Hall–Kier alpha value is -0.800. The molecule has 0 bridgehead atoms. The molecule has 1 aliphatic heterocycles. The predicted octanol–water partition coefficient (Wildman–Crippen LogP) is 4.23. The van der Waals surface area contributed by atoms with E-state index in [0.717, 1.165) is 0 Å². The Morgan fingerprint density at radius 1 is 1.30 bits per heavy atom. The fourth-order valence-electron chi connectivity index (χ4n) is 3.40. The van der Waals surface area contributed by atoms with E-state index in [-0.39, 0.29) is 17.0 Å². The van der Waals surface area contributed by atoms with Gasteiger partial charge in [0.15, 0.2) is 0 Å². The maximum absolute atomic E-state index is 12.0. The van der Waals surface area contributed by atoms with E-state index in [0.29, 0.717) is 24.8 Å². The molecule has 0 radical (unpaired) electrons. The Kier molecular flexibility index (Phi) is 4.77. The number of halogens is 1. The first-order chi connectivity index (χ1) is 8.96. The van der Waals surface area contributed by atoms with Crippen LogP contribution >= 0.6 is 11.8 Å². The molecule has 0 unspecified atom stereocenters. The molecule has 1 fully saturated rings. The van der Waals surface area contributed by atoms with Gasteiger partial charge in [-0.15, -0.1) is 6.58 Å². The summed E-state index contributed by atoms with van der Waals surface area (Å²) in [5, 5.41) is 0. The van der Waals surface area contributed by atoms with Gasteiger partial charge in [0.2, 0.25) is 0 Å². The Bertz CT molecular complexity index is 408. The third kappa shape index (κ3) is 3.44. The van der Waals surface area contributed by atoms with Crippen LogP contribution in [0.1, 0.15) is 53.9 Å². The van der Waals surface area contributed by atoms with Crippen LogP contribution in [0.2, 0.25) is 0 Å². The number of hydrogen-bond acceptors (Lipinski definition) is 3. The van der Waals surface area contributed by atoms with E-state index >= 15 is 0 Å². The minimum Gasteiger partial charge on any atom is -0.455 e. The highest BCUT2D eigenvalue weighted by Gasteiger charge is 2.53. The average Bonchev–Trinajstić information content (AvgIpc) is 2.24. The monoisotopic (exact) mass is 299 g/mol. The smallest absolute Gasteiger partial charge is 0.333 e. The van der Waals surface area contributed by atoms with Gasteiger partial charge in [-0.05, 0) is 46.4 Å². The van der Waals surface area contributed by atoms with Gasteiger partial charge < -0.3 is 4.74 Å². The number of nitrogens with zero attached hydrogens (tertiary/aromatic N) is 1. The second-order valence-corrected chi connectivity index (χ2v) is 7.44. The van der Waals surface area contributed by atoms with Crippen molar-refractivity contribution in [3.05, 3.63) is 24.8 Å². The molecule has 0 spiro atoms. The van der Waals surface area contributed by atoms with Crippen LogP contribution in [0.4, 0.5) is 0 Å². The zero-order chi connectivity index (χ0) is 15.8. The van der Waals surface area contributed by atoms with Gasteiger partial charge in [-0.2, -0.15) is 0 Å². The molecule has 0 saturated carbocycles. The van der Waals surface area contributed by atoms with Gasteiger partial charge in [-0.3, -0.25) is 0 Å². The lowest BCUT2D eigenvalue weighted by atomic mass is 9.71. The quantitative estimate of drug-likeness (QED) is 0.337. The molecular weight excluding hydrogens is 274 g/mol. The molecule has 0 aliphatic carbocycles. The standard InChI is InChI=1S/C16H26ClNO2/c1-8-9-16(20-13(19)12(2)3)10-14(4,5)18(17)15(6,7)11-16/h8H,1-2,9-11H2,3-7H3. The number of carbonyl (C=O) groups is 1. The summed E-state index contributed by atoms with van der Waals surface area (Å²) < 4.78 is 7.65. The molecule has 1 saturated heterocycles. The summed E-state index contributed by atoms with van der Waals surface area (Å²) in [5.74, 6) is -0.346. The lowest BCUT2D eigenvalue weighted by molar-refractivity contribution is -0.171. The molecule has 1 aliphatic rings. The first-order valence-corrected chi connectivity index (χ1v) is 7.25. The average molecular weight is 300 g/mol. The van der Waals surface area contributed by atoms with E-state index in [1.54, 1.807) is 6.92 Å². The summed E-state index contributed by atoms with van der Waals surface area (Å²) in [7, 11) is 0. The van der Waals surface area contributed by atoms with E-state index in [2.05, 4.69) is 40.9 Å². The van der Waals surface area contributed by atoms with Gasteiger partial charge in [0.05, 0.1) is 0 Å². The first-order valence-electron chi connectivity index (χ1n) is 6.92. The zero-order valence-corrected chi connectivity index (χ0v) is 14.0. The summed E-state index contributed by atoms with van der Waals surface area (Å²) in [6.45, 7) is 17.4. The number of ether oxygens (including phenoxy) is 1. The van der Waals surface area contributed by atoms with Crippen molar-refractivity contribution in [2.75, 3.05) is 0 Å². The minimum absolute atomic E-state index is 0.276. The first kappa shape index (κ1) is 17.3. The molecule has 3 nitrogen and oxygen atoms in total. The van der Waals surface area contributed by atoms with Crippen molar-refractivity contribution in [3.63, 3.8) is 0 Å². The van der Waals surface area contributed by atoms with Gasteiger partial charge >= 0.3 is 5.97 Å². The molecule has 4 heteroatoms. The van der Waals surface area contributed by atoms with Crippen LogP contribution in [0.5, 0.6) is 0 Å². The van der Waals surface area contributed by atoms with Crippen LogP contribution in [0.3, 0.4) is 0 Å². The van der Waals surface area contributed by atoms with Crippen molar-refractivity contribution < 1.29 is 9.53 Å². The molecule has 0 aromatic carbocycles. The van der Waals surface area contributed by atoms with Gasteiger partial charge in [0, 0.05) is 35.9 Å². The van der Waals surface area contributed by atoms with Crippen molar-refractivity contribution in [2.45, 2.75) is 70.6 Å². The lowest BCUT2D eigenvalue weighted by Crippen LogP contribution is -2.62. The fraction of sp³-hybridized carbons (Fsp3) is 0.688. The van der Waals surface area contributed by atoms with Gasteiger partial charge in [-0.25, -0.2) is 9.21 Å². The molecule has 0 atom stereocenters. The van der Waals surface area contributed by atoms with Crippen LogP contribution in [0.25, 0.3) is 0 Å². The summed E-state index contributed by atoms with van der Waals surface area (Å²) in [6, 6.07) is 0. The minimum atomic E-state index is -0.573. The highest BCUT2D eigenvalue weighted by Crippen LogP contribution is 2.48. The van der Waals surface area contributed by atoms with Crippen molar-refractivity contribution in [2.24, 2.45) is 0 Å². The lowest BCUT2D eigenvalue weighted by Gasteiger charge is -2.55. The van der Waals surface area contributed by atoms with Crippen LogP contribution in [0, 0.1) is 0 Å². The van der Waals surface area contributed by atoms with E-state index in [1.807, 2.05) is 10.5 Å². The summed E-state index contributed by atoms with van der Waals surface area (Å²) >= 11 is 6.48. The predicted molar refractivity (Wildman–Crippen MR) is 83.5 cm³/mol. The van der Waals surface area contributed by atoms with Crippen molar-refractivity contribution in [3.8, 4) is 0 Å². The Morgan fingerprint density at radius 2 is 1.75 bits per heavy atom. The molecule has 0 aromatic rings. The number of esters is 1. The Morgan fingerprint density at radius 3 is 2.10 bits per heavy atom. The van der Waals surface area contributed by atoms with Crippen LogP contribution < -0.4 is 0 Å². The molecule has 0 N–H and O–H groups in total. The fourth-order valence-corrected chi connectivity index (χ4v) is 3.52.